The van der Waals surface area contributed by atoms with Gasteiger partial charge in [0.1, 0.15) is 0 Å². The van der Waals surface area contributed by atoms with Crippen molar-refractivity contribution in [3.63, 3.8) is 0 Å². The highest BCUT2D eigenvalue weighted by Crippen LogP contribution is 2.39. The predicted octanol–water partition coefficient (Wildman–Crippen LogP) is 4.16. The maximum absolute atomic E-state index is 12.5. The Bertz CT molecular complexity index is 643. The van der Waals surface area contributed by atoms with Gasteiger partial charge in [-0.3, -0.25) is 0 Å². The molecule has 0 aliphatic heterocycles. The molecule has 0 radical (unpaired) electrons. The maximum atomic E-state index is 12.5. The smallest absolute Gasteiger partial charge is 0.336 e. The summed E-state index contributed by atoms with van der Waals surface area (Å²) in [5.74, 6) is -1.10. The molecule has 0 bridgehead atoms. The minimum absolute atomic E-state index is 0.0362. The van der Waals surface area contributed by atoms with E-state index in [1.54, 1.807) is 6.92 Å². The molecule has 1 aromatic rings. The highest BCUT2D eigenvalue weighted by Gasteiger charge is 2.42. The Hall–Kier alpha value is -1.46. The number of benzene rings is 1. The first-order valence-electron chi connectivity index (χ1n) is 7.21. The van der Waals surface area contributed by atoms with Crippen LogP contribution < -0.4 is 5.32 Å². The molecule has 2 saturated carbocycles. The molecule has 5 nitrogen and oxygen atoms in total. The summed E-state index contributed by atoms with van der Waals surface area (Å²) in [5, 5.41) is 12.3. The Morgan fingerprint density at radius 3 is 2.23 bits per heavy atom. The third-order valence-electron chi connectivity index (χ3n) is 4.06. The molecule has 1 aromatic carbocycles. The zero-order valence-corrected chi connectivity index (χ0v) is 13.5. The maximum Gasteiger partial charge on any atom is 0.336 e. The summed E-state index contributed by atoms with van der Waals surface area (Å²) in [6.45, 7) is 1.61. The third kappa shape index (κ3) is 2.88. The summed E-state index contributed by atoms with van der Waals surface area (Å²) in [5.41, 5.74) is 0.721. The molecule has 7 heteroatoms. The number of nitrogens with one attached hydrogen (secondary N) is 1. The molecule has 2 N–H and O–H groups in total. The monoisotopic (exact) mass is 342 g/mol. The Balaban J connectivity index is 1.90. The van der Waals surface area contributed by atoms with E-state index in [2.05, 4.69) is 5.32 Å². The number of nitrogens with zero attached hydrogens (tertiary/aromatic N) is 1. The lowest BCUT2D eigenvalue weighted by molar-refractivity contribution is 0.0696. The van der Waals surface area contributed by atoms with Crippen LogP contribution in [0.25, 0.3) is 0 Å². The van der Waals surface area contributed by atoms with Gasteiger partial charge in [0.2, 0.25) is 0 Å². The van der Waals surface area contributed by atoms with Gasteiger partial charge in [0.15, 0.2) is 0 Å². The van der Waals surface area contributed by atoms with Gasteiger partial charge in [0.25, 0.3) is 0 Å². The first-order valence-corrected chi connectivity index (χ1v) is 7.97. The van der Waals surface area contributed by atoms with Crippen LogP contribution in [0.2, 0.25) is 10.0 Å². The number of aromatic carboxylic acids is 1. The number of carbonyl (C=O) groups is 2. The number of hydrogen-bond donors (Lipinski definition) is 2. The Labute approximate surface area is 138 Å². The molecule has 118 valence electrons. The van der Waals surface area contributed by atoms with Gasteiger partial charge >= 0.3 is 12.0 Å². The first kappa shape index (κ1) is 15.4. The van der Waals surface area contributed by atoms with E-state index < -0.39 is 5.97 Å². The lowest BCUT2D eigenvalue weighted by Crippen LogP contribution is -2.38. The molecule has 0 atom stereocenters. The van der Waals surface area contributed by atoms with Crippen molar-refractivity contribution >= 4 is 40.9 Å². The second-order valence-electron chi connectivity index (χ2n) is 5.82. The number of anilines is 1. The summed E-state index contributed by atoms with van der Waals surface area (Å²) in [4.78, 5) is 25.7. The average Bonchev–Trinajstić information content (AvgIpc) is 3.32. The summed E-state index contributed by atoms with van der Waals surface area (Å²) < 4.78 is 0. The molecular formula is C15H16Cl2N2O3. The number of carbonyl (C=O) groups excluding carboxylic acids is 1. The quantitative estimate of drug-likeness (QED) is 0.862. The van der Waals surface area contributed by atoms with E-state index in [0.29, 0.717) is 17.6 Å². The number of halogens is 2. The Morgan fingerprint density at radius 2 is 1.77 bits per heavy atom. The largest absolute Gasteiger partial charge is 0.478 e. The van der Waals surface area contributed by atoms with E-state index in [-0.39, 0.29) is 27.3 Å². The van der Waals surface area contributed by atoms with Gasteiger partial charge in [-0.05, 0) is 44.2 Å². The van der Waals surface area contributed by atoms with E-state index >= 15 is 0 Å². The van der Waals surface area contributed by atoms with Crippen molar-refractivity contribution in [3.05, 3.63) is 27.2 Å². The highest BCUT2D eigenvalue weighted by atomic mass is 35.5. The molecule has 2 aliphatic carbocycles. The van der Waals surface area contributed by atoms with Crippen LogP contribution in [0.1, 0.15) is 41.6 Å². The molecular weight excluding hydrogens is 327 g/mol. The standard InChI is InChI=1S/C15H16Cl2N2O3/c1-7-10(14(20)21)6-11(16)12(17)13(7)18-15(22)19(8-2-3-8)9-4-5-9/h6,8-9H,2-5H2,1H3,(H,18,22)(H,20,21). The molecule has 0 heterocycles. The van der Waals surface area contributed by atoms with E-state index in [4.69, 9.17) is 23.2 Å². The fourth-order valence-corrected chi connectivity index (χ4v) is 3.04. The van der Waals surface area contributed by atoms with Crippen molar-refractivity contribution in [1.82, 2.24) is 4.90 Å². The molecule has 2 fully saturated rings. The van der Waals surface area contributed by atoms with Crippen LogP contribution in [0.3, 0.4) is 0 Å². The molecule has 0 unspecified atom stereocenters. The average molecular weight is 343 g/mol. The lowest BCUT2D eigenvalue weighted by Gasteiger charge is -2.24. The van der Waals surface area contributed by atoms with Gasteiger partial charge in [0.05, 0.1) is 21.3 Å². The van der Waals surface area contributed by atoms with Gasteiger partial charge < -0.3 is 15.3 Å². The number of hydrogen-bond acceptors (Lipinski definition) is 2. The number of carboxylic acids is 1. The molecule has 2 amide bonds. The number of rotatable bonds is 4. The molecule has 0 spiro atoms. The SMILES string of the molecule is Cc1c(C(=O)O)cc(Cl)c(Cl)c1NC(=O)N(C1CC1)C1CC1. The van der Waals surface area contributed by atoms with E-state index in [0.717, 1.165) is 25.7 Å². The van der Waals surface area contributed by atoms with Gasteiger partial charge in [-0.25, -0.2) is 9.59 Å². The normalized spacial score (nSPS) is 17.2. The topological polar surface area (TPSA) is 69.6 Å². The van der Waals surface area contributed by atoms with Crippen molar-refractivity contribution in [2.75, 3.05) is 5.32 Å². The zero-order chi connectivity index (χ0) is 16.0. The molecule has 2 aliphatic rings. The summed E-state index contributed by atoms with van der Waals surface area (Å²) in [6.07, 6.45) is 4.08. The Morgan fingerprint density at radius 1 is 1.23 bits per heavy atom. The third-order valence-corrected chi connectivity index (χ3v) is 4.84. The predicted molar refractivity (Wildman–Crippen MR) is 85.1 cm³/mol. The summed E-state index contributed by atoms with van der Waals surface area (Å²) in [6, 6.07) is 1.67. The van der Waals surface area contributed by atoms with Gasteiger partial charge in [-0.2, -0.15) is 0 Å². The van der Waals surface area contributed by atoms with E-state index in [1.165, 1.54) is 6.07 Å². The Kier molecular flexibility index (Phi) is 3.95. The van der Waals surface area contributed by atoms with E-state index in [9.17, 15) is 14.7 Å². The fourth-order valence-electron chi connectivity index (χ4n) is 2.59. The van der Waals surface area contributed by atoms with Crippen molar-refractivity contribution in [2.24, 2.45) is 0 Å². The van der Waals surface area contributed by atoms with Crippen LogP contribution in [0.15, 0.2) is 6.07 Å². The van der Waals surface area contributed by atoms with Crippen LogP contribution in [0, 0.1) is 6.92 Å². The van der Waals surface area contributed by atoms with Crippen LogP contribution in [0.4, 0.5) is 10.5 Å². The minimum Gasteiger partial charge on any atom is -0.478 e. The number of urea groups is 1. The summed E-state index contributed by atoms with van der Waals surface area (Å²) in [7, 11) is 0. The van der Waals surface area contributed by atoms with Crippen molar-refractivity contribution in [1.29, 1.82) is 0 Å². The molecule has 0 aromatic heterocycles. The van der Waals surface area contributed by atoms with Gasteiger partial charge in [-0.1, -0.05) is 23.2 Å². The van der Waals surface area contributed by atoms with Crippen molar-refractivity contribution < 1.29 is 14.7 Å². The molecule has 0 saturated heterocycles. The van der Waals surface area contributed by atoms with Crippen LogP contribution in [-0.4, -0.2) is 34.1 Å². The zero-order valence-electron chi connectivity index (χ0n) is 12.0. The van der Waals surface area contributed by atoms with Gasteiger partial charge in [-0.15, -0.1) is 0 Å². The van der Waals surface area contributed by atoms with Crippen LogP contribution in [-0.2, 0) is 0 Å². The number of amides is 2. The lowest BCUT2D eigenvalue weighted by atomic mass is 10.1. The van der Waals surface area contributed by atoms with Crippen LogP contribution >= 0.6 is 23.2 Å². The van der Waals surface area contributed by atoms with Crippen molar-refractivity contribution in [2.45, 2.75) is 44.7 Å². The van der Waals surface area contributed by atoms with Crippen LogP contribution in [0.5, 0.6) is 0 Å². The number of carboxylic acid groups (broad SMARTS) is 1. The molecule has 3 rings (SSSR count). The van der Waals surface area contributed by atoms with Gasteiger partial charge in [0, 0.05) is 12.1 Å². The minimum atomic E-state index is -1.10. The molecule has 22 heavy (non-hydrogen) atoms. The second-order valence-corrected chi connectivity index (χ2v) is 6.61. The summed E-state index contributed by atoms with van der Waals surface area (Å²) >= 11 is 12.1. The van der Waals surface area contributed by atoms with Crippen molar-refractivity contribution in [3.8, 4) is 0 Å². The second kappa shape index (κ2) is 5.63. The van der Waals surface area contributed by atoms with E-state index in [1.807, 2.05) is 4.90 Å². The fraction of sp³-hybridized carbons (Fsp3) is 0.467. The highest BCUT2D eigenvalue weighted by molar-refractivity contribution is 6.44. The first-order chi connectivity index (χ1) is 10.4.